The zero-order valence-electron chi connectivity index (χ0n) is 13.3. The molecule has 4 heteroatoms. The van der Waals surface area contributed by atoms with E-state index in [9.17, 15) is 4.79 Å². The molecule has 1 aliphatic heterocycles. The maximum absolute atomic E-state index is 11.7. The fourth-order valence-electron chi connectivity index (χ4n) is 1.89. The Morgan fingerprint density at radius 3 is 2.21 bits per heavy atom. The van der Waals surface area contributed by atoms with Crippen LogP contribution in [0.2, 0.25) is 0 Å². The molecule has 112 valence electrons. The quantitative estimate of drug-likeness (QED) is 0.728. The van der Waals surface area contributed by atoms with Crippen molar-refractivity contribution in [1.29, 1.82) is 0 Å². The van der Waals surface area contributed by atoms with Gasteiger partial charge in [-0.3, -0.25) is 4.90 Å². The highest BCUT2D eigenvalue weighted by molar-refractivity contribution is 5.69. The monoisotopic (exact) mass is 271 g/mol. The van der Waals surface area contributed by atoms with Gasteiger partial charge in [0, 0.05) is 0 Å². The average Bonchev–Trinajstić information content (AvgIpc) is 3.00. The first-order chi connectivity index (χ1) is 8.65. The van der Waals surface area contributed by atoms with Crippen LogP contribution in [0, 0.1) is 5.92 Å². The van der Waals surface area contributed by atoms with E-state index in [2.05, 4.69) is 6.92 Å². The third-order valence-corrected chi connectivity index (χ3v) is 3.31. The maximum atomic E-state index is 11.7. The van der Waals surface area contributed by atoms with Crippen molar-refractivity contribution in [2.75, 3.05) is 13.2 Å². The number of amides is 1. The van der Waals surface area contributed by atoms with Gasteiger partial charge in [0.15, 0.2) is 0 Å². The molecule has 0 aromatic carbocycles. The Kier molecular flexibility index (Phi) is 5.25. The van der Waals surface area contributed by atoms with E-state index < -0.39 is 11.3 Å². The van der Waals surface area contributed by atoms with Crippen LogP contribution in [0.15, 0.2) is 0 Å². The normalized spacial score (nSPS) is 21.7. The summed E-state index contributed by atoms with van der Waals surface area (Å²) in [5.41, 5.74) is -0.988. The second kappa shape index (κ2) is 6.12. The number of rotatable bonds is 1. The predicted molar refractivity (Wildman–Crippen MR) is 76.0 cm³/mol. The van der Waals surface area contributed by atoms with E-state index in [0.29, 0.717) is 13.2 Å². The molecule has 2 aliphatic rings. The lowest BCUT2D eigenvalue weighted by Gasteiger charge is -2.31. The summed E-state index contributed by atoms with van der Waals surface area (Å²) in [6, 6.07) is 0. The van der Waals surface area contributed by atoms with Crippen LogP contribution in [0.1, 0.15) is 60.8 Å². The predicted octanol–water partition coefficient (Wildman–Crippen LogP) is 3.80. The van der Waals surface area contributed by atoms with Crippen molar-refractivity contribution in [2.45, 2.75) is 72.1 Å². The lowest BCUT2D eigenvalue weighted by atomic mass is 10.2. The van der Waals surface area contributed by atoms with Gasteiger partial charge in [-0.25, -0.2) is 4.79 Å². The van der Waals surface area contributed by atoms with Gasteiger partial charge in [0.1, 0.15) is 11.3 Å². The highest BCUT2D eigenvalue weighted by Crippen LogP contribution is 2.31. The van der Waals surface area contributed by atoms with Crippen LogP contribution in [-0.2, 0) is 9.47 Å². The third kappa shape index (κ3) is 5.81. The molecular formula is C15H29NO3. The molecule has 4 nitrogen and oxygen atoms in total. The van der Waals surface area contributed by atoms with E-state index in [1.165, 1.54) is 19.3 Å². The van der Waals surface area contributed by atoms with E-state index in [-0.39, 0.29) is 6.09 Å². The molecule has 2 rings (SSSR count). The van der Waals surface area contributed by atoms with E-state index in [1.54, 1.807) is 4.90 Å². The Morgan fingerprint density at radius 1 is 1.37 bits per heavy atom. The Balaban J connectivity index is 0.000000300. The number of nitrogens with zero attached hydrogens (tertiary/aromatic N) is 1. The summed E-state index contributed by atoms with van der Waals surface area (Å²) in [4.78, 5) is 13.3. The maximum Gasteiger partial charge on any atom is 0.412 e. The second-order valence-electron chi connectivity index (χ2n) is 6.78. The van der Waals surface area contributed by atoms with Gasteiger partial charge in [-0.15, -0.1) is 0 Å². The summed E-state index contributed by atoms with van der Waals surface area (Å²) in [6.45, 7) is 12.7. The number of hydrogen-bond donors (Lipinski definition) is 0. The number of carbonyl (C=O) groups is 1. The molecule has 1 saturated carbocycles. The first-order valence-electron chi connectivity index (χ1n) is 7.30. The Morgan fingerprint density at radius 2 is 1.95 bits per heavy atom. The van der Waals surface area contributed by atoms with Crippen molar-refractivity contribution in [3.63, 3.8) is 0 Å². The first kappa shape index (κ1) is 16.3. The standard InChI is InChI=1S/C10H19NO3.C5H10/c1-9(2,3)14-8(12)11-6-7-13-10(11,4)5;1-2-5-3-4-5/h6-7H2,1-5H3;5H,2-4H2,1H3. The van der Waals surface area contributed by atoms with Crippen LogP contribution in [-0.4, -0.2) is 35.5 Å². The number of ether oxygens (including phenoxy) is 2. The van der Waals surface area contributed by atoms with Crippen LogP contribution in [0.3, 0.4) is 0 Å². The Labute approximate surface area is 117 Å². The van der Waals surface area contributed by atoms with Crippen LogP contribution in [0.25, 0.3) is 0 Å². The molecule has 1 aliphatic carbocycles. The summed E-state index contributed by atoms with van der Waals surface area (Å²) in [5.74, 6) is 1.13. The van der Waals surface area contributed by atoms with E-state index in [4.69, 9.17) is 9.47 Å². The van der Waals surface area contributed by atoms with Crippen molar-refractivity contribution in [3.05, 3.63) is 0 Å². The van der Waals surface area contributed by atoms with Crippen LogP contribution in [0.5, 0.6) is 0 Å². The van der Waals surface area contributed by atoms with Gasteiger partial charge in [-0.1, -0.05) is 26.2 Å². The van der Waals surface area contributed by atoms with E-state index in [0.717, 1.165) is 5.92 Å². The second-order valence-corrected chi connectivity index (χ2v) is 6.78. The summed E-state index contributed by atoms with van der Waals surface area (Å²) in [6.07, 6.45) is 4.13. The van der Waals surface area contributed by atoms with Crippen LogP contribution in [0.4, 0.5) is 4.79 Å². The molecule has 0 aromatic heterocycles. The first-order valence-corrected chi connectivity index (χ1v) is 7.30. The average molecular weight is 271 g/mol. The fraction of sp³-hybridized carbons (Fsp3) is 0.933. The van der Waals surface area contributed by atoms with Crippen molar-refractivity contribution >= 4 is 6.09 Å². The minimum absolute atomic E-state index is 0.306. The van der Waals surface area contributed by atoms with Gasteiger partial charge in [0.25, 0.3) is 0 Å². The topological polar surface area (TPSA) is 38.8 Å². The summed E-state index contributed by atoms with van der Waals surface area (Å²) in [5, 5.41) is 0. The lowest BCUT2D eigenvalue weighted by Crippen LogP contribution is -2.45. The summed E-state index contributed by atoms with van der Waals surface area (Å²) < 4.78 is 10.7. The SMILES string of the molecule is CC(C)(C)OC(=O)N1CCOC1(C)C.CCC1CC1. The molecule has 0 aromatic rings. The lowest BCUT2D eigenvalue weighted by molar-refractivity contribution is -0.0590. The molecule has 0 atom stereocenters. The van der Waals surface area contributed by atoms with E-state index in [1.807, 2.05) is 34.6 Å². The van der Waals surface area contributed by atoms with Gasteiger partial charge in [-0.05, 0) is 40.5 Å². The molecule has 1 amide bonds. The van der Waals surface area contributed by atoms with Crippen molar-refractivity contribution in [1.82, 2.24) is 4.90 Å². The minimum atomic E-state index is -0.539. The van der Waals surface area contributed by atoms with Crippen LogP contribution < -0.4 is 0 Å². The number of hydrogen-bond acceptors (Lipinski definition) is 3. The van der Waals surface area contributed by atoms with Gasteiger partial charge in [-0.2, -0.15) is 0 Å². The smallest absolute Gasteiger partial charge is 0.412 e. The van der Waals surface area contributed by atoms with E-state index >= 15 is 0 Å². The van der Waals surface area contributed by atoms with Crippen molar-refractivity contribution < 1.29 is 14.3 Å². The van der Waals surface area contributed by atoms with Gasteiger partial charge >= 0.3 is 6.09 Å². The molecular weight excluding hydrogens is 242 g/mol. The Hall–Kier alpha value is -0.770. The largest absolute Gasteiger partial charge is 0.444 e. The zero-order valence-corrected chi connectivity index (χ0v) is 13.3. The van der Waals surface area contributed by atoms with Crippen molar-refractivity contribution in [2.24, 2.45) is 5.92 Å². The molecule has 0 unspecified atom stereocenters. The molecule has 0 bridgehead atoms. The molecule has 1 heterocycles. The zero-order chi connectivity index (χ0) is 14.7. The highest BCUT2D eigenvalue weighted by atomic mass is 16.6. The molecule has 0 radical (unpaired) electrons. The van der Waals surface area contributed by atoms with Gasteiger partial charge in [0.05, 0.1) is 13.2 Å². The van der Waals surface area contributed by atoms with Crippen LogP contribution >= 0.6 is 0 Å². The van der Waals surface area contributed by atoms with Gasteiger partial charge < -0.3 is 9.47 Å². The molecule has 19 heavy (non-hydrogen) atoms. The molecule has 0 spiro atoms. The molecule has 0 N–H and O–H groups in total. The van der Waals surface area contributed by atoms with Crippen molar-refractivity contribution in [3.8, 4) is 0 Å². The minimum Gasteiger partial charge on any atom is -0.444 e. The number of carbonyl (C=O) groups excluding carboxylic acids is 1. The summed E-state index contributed by atoms with van der Waals surface area (Å²) >= 11 is 0. The third-order valence-electron chi connectivity index (χ3n) is 3.31. The van der Waals surface area contributed by atoms with Gasteiger partial charge in [0.2, 0.25) is 0 Å². The molecule has 1 saturated heterocycles. The summed E-state index contributed by atoms with van der Waals surface area (Å²) in [7, 11) is 0. The Bertz CT molecular complexity index is 303. The fourth-order valence-corrected chi connectivity index (χ4v) is 1.89. The molecule has 2 fully saturated rings. The highest BCUT2D eigenvalue weighted by Gasteiger charge is 2.38.